The number of carbonyl (C=O) groups excluding carboxylic acids is 2. The van der Waals surface area contributed by atoms with Crippen LogP contribution in [0.25, 0.3) is 0 Å². The van der Waals surface area contributed by atoms with Gasteiger partial charge in [0, 0.05) is 25.7 Å². The Morgan fingerprint density at radius 1 is 1.06 bits per heavy atom. The van der Waals surface area contributed by atoms with Crippen LogP contribution in [-0.2, 0) is 16.1 Å². The van der Waals surface area contributed by atoms with Gasteiger partial charge in [-0.3, -0.25) is 9.59 Å². The van der Waals surface area contributed by atoms with Gasteiger partial charge >= 0.3 is 0 Å². The molecule has 0 spiro atoms. The van der Waals surface area contributed by atoms with E-state index in [0.717, 1.165) is 5.56 Å². The number of hydrogen-bond donors (Lipinski definition) is 1. The van der Waals surface area contributed by atoms with Gasteiger partial charge in [0.05, 0.1) is 13.0 Å². The first-order chi connectivity index (χ1) is 15.1. The van der Waals surface area contributed by atoms with E-state index in [0.29, 0.717) is 30.3 Å². The first-order valence-electron chi connectivity index (χ1n) is 10.0. The van der Waals surface area contributed by atoms with Crippen molar-refractivity contribution < 1.29 is 19.1 Å². The van der Waals surface area contributed by atoms with Crippen molar-refractivity contribution >= 4 is 17.5 Å². The van der Waals surface area contributed by atoms with Gasteiger partial charge in [-0.1, -0.05) is 30.3 Å². The second kappa shape index (κ2) is 9.30. The van der Waals surface area contributed by atoms with Crippen LogP contribution in [0.4, 0.5) is 5.69 Å². The quantitative estimate of drug-likeness (QED) is 0.631. The Balaban J connectivity index is 1.41. The van der Waals surface area contributed by atoms with Gasteiger partial charge in [0.2, 0.25) is 17.7 Å². The Labute approximate surface area is 180 Å². The second-order valence-corrected chi connectivity index (χ2v) is 7.28. The van der Waals surface area contributed by atoms with Crippen LogP contribution >= 0.6 is 0 Å². The van der Waals surface area contributed by atoms with Crippen LogP contribution in [0.2, 0.25) is 0 Å². The predicted octanol–water partition coefficient (Wildman–Crippen LogP) is 3.87. The van der Waals surface area contributed by atoms with E-state index in [9.17, 15) is 9.59 Å². The molecule has 2 aromatic carbocycles. The number of carbonyl (C=O) groups is 2. The fraction of sp³-hybridized carbons (Fsp3) is 0.208. The fourth-order valence-electron chi connectivity index (χ4n) is 3.46. The number of methoxy groups -OCH3 is 1. The molecule has 7 nitrogen and oxygen atoms in total. The first kappa shape index (κ1) is 20.4. The van der Waals surface area contributed by atoms with Crippen LogP contribution in [-0.4, -0.2) is 35.4 Å². The molecular formula is C24H23N3O4. The number of ether oxygens (including phenoxy) is 2. The molecule has 0 bridgehead atoms. The normalized spacial score (nSPS) is 15.6. The summed E-state index contributed by atoms with van der Waals surface area (Å²) in [5.41, 5.74) is 1.50. The molecule has 1 aliphatic heterocycles. The summed E-state index contributed by atoms with van der Waals surface area (Å²) in [6.07, 6.45) is 1.78. The Morgan fingerprint density at radius 3 is 2.55 bits per heavy atom. The third-order valence-electron chi connectivity index (χ3n) is 5.10. The maximum atomic E-state index is 12.9. The number of amides is 2. The Kier molecular flexibility index (Phi) is 6.12. The lowest BCUT2D eigenvalue weighted by atomic mass is 10.1. The number of anilines is 1. The third-order valence-corrected chi connectivity index (χ3v) is 5.10. The zero-order valence-corrected chi connectivity index (χ0v) is 17.2. The van der Waals surface area contributed by atoms with Crippen LogP contribution in [0, 0.1) is 5.92 Å². The minimum absolute atomic E-state index is 0.0232. The van der Waals surface area contributed by atoms with Crippen LogP contribution < -0.4 is 14.8 Å². The minimum Gasteiger partial charge on any atom is -0.497 e. The average molecular weight is 417 g/mol. The van der Waals surface area contributed by atoms with Gasteiger partial charge in [0.15, 0.2) is 0 Å². The fourth-order valence-corrected chi connectivity index (χ4v) is 3.46. The van der Waals surface area contributed by atoms with Crippen LogP contribution in [0.3, 0.4) is 0 Å². The van der Waals surface area contributed by atoms with E-state index in [4.69, 9.17) is 9.47 Å². The van der Waals surface area contributed by atoms with E-state index in [1.54, 1.807) is 54.6 Å². The lowest BCUT2D eigenvalue weighted by molar-refractivity contribution is -0.128. The van der Waals surface area contributed by atoms with Gasteiger partial charge in [-0.15, -0.1) is 0 Å². The number of hydrogen-bond acceptors (Lipinski definition) is 5. The van der Waals surface area contributed by atoms with Crippen LogP contribution in [0.5, 0.6) is 17.4 Å². The van der Waals surface area contributed by atoms with Gasteiger partial charge in [-0.25, -0.2) is 4.98 Å². The van der Waals surface area contributed by atoms with Crippen molar-refractivity contribution in [3.05, 3.63) is 78.5 Å². The third kappa shape index (κ3) is 5.01. The first-order valence-corrected chi connectivity index (χ1v) is 10.0. The Hall–Kier alpha value is -3.87. The zero-order chi connectivity index (χ0) is 21.6. The lowest BCUT2D eigenvalue weighted by Crippen LogP contribution is -2.28. The number of benzene rings is 2. The molecule has 0 aliphatic carbocycles. The largest absolute Gasteiger partial charge is 0.497 e. The monoisotopic (exact) mass is 417 g/mol. The van der Waals surface area contributed by atoms with E-state index in [-0.39, 0.29) is 24.1 Å². The highest BCUT2D eigenvalue weighted by Crippen LogP contribution is 2.29. The highest BCUT2D eigenvalue weighted by Gasteiger charge is 2.34. The average Bonchev–Trinajstić information content (AvgIpc) is 3.16. The smallest absolute Gasteiger partial charge is 0.243 e. The zero-order valence-electron chi connectivity index (χ0n) is 17.2. The van der Waals surface area contributed by atoms with Crippen molar-refractivity contribution in [2.45, 2.75) is 13.0 Å². The Bertz CT molecular complexity index is 1050. The number of pyridine rings is 1. The molecule has 4 rings (SSSR count). The molecule has 1 fully saturated rings. The molecule has 1 unspecified atom stereocenters. The summed E-state index contributed by atoms with van der Waals surface area (Å²) < 4.78 is 11.0. The van der Waals surface area contributed by atoms with Gasteiger partial charge < -0.3 is 19.7 Å². The van der Waals surface area contributed by atoms with E-state index >= 15 is 0 Å². The molecule has 2 amide bonds. The molecule has 1 aliphatic rings. The summed E-state index contributed by atoms with van der Waals surface area (Å²) in [4.78, 5) is 31.2. The van der Waals surface area contributed by atoms with Crippen molar-refractivity contribution in [3.63, 3.8) is 0 Å². The van der Waals surface area contributed by atoms with Gasteiger partial charge in [0.1, 0.15) is 17.2 Å². The van der Waals surface area contributed by atoms with E-state index < -0.39 is 5.92 Å². The van der Waals surface area contributed by atoms with Crippen LogP contribution in [0.15, 0.2) is 72.9 Å². The number of likely N-dealkylation sites (tertiary alicyclic amines) is 1. The molecule has 31 heavy (non-hydrogen) atoms. The summed E-state index contributed by atoms with van der Waals surface area (Å²) in [6, 6.07) is 20.3. The topological polar surface area (TPSA) is 80.8 Å². The SMILES string of the molecule is COc1ccc(Oc2ncccc2NC(=O)C2CC(=O)N(Cc3ccccc3)C2)cc1. The van der Waals surface area contributed by atoms with E-state index in [2.05, 4.69) is 10.3 Å². The maximum Gasteiger partial charge on any atom is 0.243 e. The summed E-state index contributed by atoms with van der Waals surface area (Å²) in [5.74, 6) is 0.894. The van der Waals surface area contributed by atoms with E-state index in [1.807, 2.05) is 30.3 Å². The highest BCUT2D eigenvalue weighted by atomic mass is 16.5. The molecule has 7 heteroatoms. The summed E-state index contributed by atoms with van der Waals surface area (Å²) in [7, 11) is 1.59. The summed E-state index contributed by atoms with van der Waals surface area (Å²) in [6.45, 7) is 0.886. The lowest BCUT2D eigenvalue weighted by Gasteiger charge is -2.17. The minimum atomic E-state index is -0.426. The molecule has 1 N–H and O–H groups in total. The molecule has 1 aromatic heterocycles. The second-order valence-electron chi connectivity index (χ2n) is 7.28. The summed E-state index contributed by atoms with van der Waals surface area (Å²) >= 11 is 0. The van der Waals surface area contributed by atoms with Crippen LogP contribution in [0.1, 0.15) is 12.0 Å². The number of nitrogens with zero attached hydrogens (tertiary/aromatic N) is 2. The van der Waals surface area contributed by atoms with Crippen molar-refractivity contribution in [2.75, 3.05) is 19.0 Å². The van der Waals surface area contributed by atoms with Crippen molar-refractivity contribution in [1.29, 1.82) is 0 Å². The van der Waals surface area contributed by atoms with Crippen molar-refractivity contribution in [1.82, 2.24) is 9.88 Å². The molecule has 158 valence electrons. The number of nitrogens with one attached hydrogen (secondary N) is 1. The van der Waals surface area contributed by atoms with Gasteiger partial charge in [-0.05, 0) is 42.0 Å². The number of rotatable bonds is 7. The van der Waals surface area contributed by atoms with Gasteiger partial charge in [0.25, 0.3) is 0 Å². The van der Waals surface area contributed by atoms with Crippen molar-refractivity contribution in [3.8, 4) is 17.4 Å². The predicted molar refractivity (Wildman–Crippen MR) is 116 cm³/mol. The molecule has 0 saturated carbocycles. The standard InChI is InChI=1S/C24H23N3O4/c1-30-19-9-11-20(12-10-19)31-24-21(8-5-13-25-24)26-23(29)18-14-22(28)27(16-18)15-17-6-3-2-4-7-17/h2-13,18H,14-16H2,1H3,(H,26,29). The molecule has 1 saturated heterocycles. The van der Waals surface area contributed by atoms with Gasteiger partial charge in [-0.2, -0.15) is 0 Å². The van der Waals surface area contributed by atoms with Crippen molar-refractivity contribution in [2.24, 2.45) is 5.92 Å². The number of aromatic nitrogens is 1. The maximum absolute atomic E-state index is 12.9. The molecule has 2 heterocycles. The Morgan fingerprint density at radius 2 is 1.81 bits per heavy atom. The molecular weight excluding hydrogens is 394 g/mol. The van der Waals surface area contributed by atoms with E-state index in [1.165, 1.54) is 0 Å². The molecule has 3 aromatic rings. The summed E-state index contributed by atoms with van der Waals surface area (Å²) in [5, 5.41) is 2.87. The molecule has 0 radical (unpaired) electrons. The highest BCUT2D eigenvalue weighted by molar-refractivity contribution is 5.97. The molecule has 1 atom stereocenters.